The Morgan fingerprint density at radius 2 is 1.92 bits per heavy atom. The summed E-state index contributed by atoms with van der Waals surface area (Å²) in [4.78, 5) is 2.46. The summed E-state index contributed by atoms with van der Waals surface area (Å²) in [5, 5.41) is 11.9. The predicted octanol–water partition coefficient (Wildman–Crippen LogP) is 5.70. The number of hydrogen-bond donors (Lipinski definition) is 0. The lowest BCUT2D eigenvalue weighted by atomic mass is 9.91. The van der Waals surface area contributed by atoms with E-state index in [9.17, 15) is 5.26 Å². The number of nitriles is 1. The number of allylic oxidation sites excluding steroid dienone is 3. The van der Waals surface area contributed by atoms with E-state index in [0.717, 1.165) is 25.1 Å². The van der Waals surface area contributed by atoms with Gasteiger partial charge in [0.05, 0.1) is 11.6 Å². The lowest BCUT2D eigenvalue weighted by Crippen LogP contribution is -2.31. The molecule has 2 heteroatoms. The van der Waals surface area contributed by atoms with Crippen molar-refractivity contribution in [3.05, 3.63) is 76.9 Å². The van der Waals surface area contributed by atoms with Crippen LogP contribution in [-0.4, -0.2) is 13.1 Å². The van der Waals surface area contributed by atoms with E-state index < -0.39 is 0 Å². The fraction of sp³-hybridized carbons (Fsp3) is 0.261. The molecular formula is C23H24N2. The van der Waals surface area contributed by atoms with Crippen LogP contribution < -0.4 is 4.90 Å². The zero-order chi connectivity index (χ0) is 18.0. The molecule has 1 aliphatic rings. The first kappa shape index (κ1) is 17.0. The fourth-order valence-corrected chi connectivity index (χ4v) is 3.85. The molecule has 0 unspecified atom stereocenters. The van der Waals surface area contributed by atoms with Crippen molar-refractivity contribution in [2.75, 3.05) is 18.0 Å². The van der Waals surface area contributed by atoms with Gasteiger partial charge < -0.3 is 4.90 Å². The summed E-state index contributed by atoms with van der Waals surface area (Å²) in [6, 6.07) is 15.3. The normalized spacial score (nSPS) is 15.8. The van der Waals surface area contributed by atoms with Crippen molar-refractivity contribution in [3.63, 3.8) is 0 Å². The van der Waals surface area contributed by atoms with Gasteiger partial charge in [0, 0.05) is 24.2 Å². The molecule has 0 spiro atoms. The topological polar surface area (TPSA) is 27.0 Å². The number of rotatable bonds is 3. The minimum absolute atomic E-state index is 0.684. The molecule has 25 heavy (non-hydrogen) atoms. The molecule has 2 nitrogen and oxygen atoms in total. The average molecular weight is 328 g/mol. The Morgan fingerprint density at radius 1 is 1.20 bits per heavy atom. The van der Waals surface area contributed by atoms with Crippen molar-refractivity contribution in [2.45, 2.75) is 27.2 Å². The maximum Gasteiger partial charge on any atom is 0.0994 e. The number of fused-ring (bicyclic) bond motifs is 1. The van der Waals surface area contributed by atoms with Gasteiger partial charge in [0.15, 0.2) is 0 Å². The second-order valence-corrected chi connectivity index (χ2v) is 6.74. The molecule has 0 bridgehead atoms. The van der Waals surface area contributed by atoms with Gasteiger partial charge in [0.2, 0.25) is 0 Å². The van der Waals surface area contributed by atoms with Gasteiger partial charge in [-0.25, -0.2) is 0 Å². The van der Waals surface area contributed by atoms with Gasteiger partial charge in [-0.3, -0.25) is 0 Å². The minimum atomic E-state index is 0.684. The zero-order valence-corrected chi connectivity index (χ0v) is 15.3. The molecule has 0 amide bonds. The molecule has 126 valence electrons. The van der Waals surface area contributed by atoms with Crippen molar-refractivity contribution >= 4 is 16.5 Å². The largest absolute Gasteiger partial charge is 0.367 e. The Kier molecular flexibility index (Phi) is 4.76. The summed E-state index contributed by atoms with van der Waals surface area (Å²) in [6.07, 6.45) is 2.62. The summed E-state index contributed by atoms with van der Waals surface area (Å²) in [5.41, 5.74) is 7.02. The van der Waals surface area contributed by atoms with E-state index in [0.29, 0.717) is 5.57 Å². The Hall–Kier alpha value is -2.79. The number of nitrogens with zero attached hydrogens (tertiary/aromatic N) is 2. The van der Waals surface area contributed by atoms with Crippen molar-refractivity contribution in [1.29, 1.82) is 5.26 Å². The second-order valence-electron chi connectivity index (χ2n) is 6.74. The highest BCUT2D eigenvalue weighted by Gasteiger charge is 2.20. The molecule has 0 fully saturated rings. The second kappa shape index (κ2) is 6.99. The van der Waals surface area contributed by atoms with Crippen LogP contribution >= 0.6 is 0 Å². The summed E-state index contributed by atoms with van der Waals surface area (Å²) in [5.74, 6) is 0. The van der Waals surface area contributed by atoms with Gasteiger partial charge in [-0.1, -0.05) is 48.6 Å². The lowest BCUT2D eigenvalue weighted by molar-refractivity contribution is 0.763. The number of benzene rings is 2. The molecule has 2 aromatic carbocycles. The number of anilines is 1. The van der Waals surface area contributed by atoms with Crippen LogP contribution in [0.15, 0.2) is 71.3 Å². The summed E-state index contributed by atoms with van der Waals surface area (Å²) in [6.45, 7) is 12.0. The number of hydrogen-bond acceptors (Lipinski definition) is 2. The first-order valence-electron chi connectivity index (χ1n) is 8.72. The highest BCUT2D eigenvalue weighted by Crippen LogP contribution is 2.34. The van der Waals surface area contributed by atoms with Crippen molar-refractivity contribution in [1.82, 2.24) is 0 Å². The Balaban J connectivity index is 2.01. The molecule has 0 N–H and O–H groups in total. The van der Waals surface area contributed by atoms with Gasteiger partial charge in [0.25, 0.3) is 0 Å². The van der Waals surface area contributed by atoms with E-state index in [1.165, 1.54) is 33.2 Å². The third-order valence-corrected chi connectivity index (χ3v) is 5.19. The molecule has 1 heterocycles. The fourth-order valence-electron chi connectivity index (χ4n) is 3.85. The lowest BCUT2D eigenvalue weighted by Gasteiger charge is -2.33. The monoisotopic (exact) mass is 328 g/mol. The van der Waals surface area contributed by atoms with Crippen molar-refractivity contribution in [3.8, 4) is 6.07 Å². The van der Waals surface area contributed by atoms with Gasteiger partial charge in [-0.2, -0.15) is 5.26 Å². The van der Waals surface area contributed by atoms with Crippen LogP contribution in [0.5, 0.6) is 0 Å². The third-order valence-electron chi connectivity index (χ3n) is 5.19. The van der Waals surface area contributed by atoms with E-state index in [1.807, 2.05) is 6.92 Å². The Morgan fingerprint density at radius 3 is 2.56 bits per heavy atom. The summed E-state index contributed by atoms with van der Waals surface area (Å²) < 4.78 is 0. The van der Waals surface area contributed by atoms with Crippen molar-refractivity contribution < 1.29 is 0 Å². The van der Waals surface area contributed by atoms with Crippen molar-refractivity contribution in [2.24, 2.45) is 0 Å². The molecular weight excluding hydrogens is 304 g/mol. The van der Waals surface area contributed by atoms with E-state index in [4.69, 9.17) is 0 Å². The Labute approximate surface area is 150 Å². The molecule has 0 saturated carbocycles. The molecule has 3 rings (SSSR count). The first-order valence-corrected chi connectivity index (χ1v) is 8.72. The standard InChI is InChI=1S/C23H24N2/c1-5-19(14-24)18(4)21-12-13-25(15-17(21)3)22-11-7-10-20-9-6-8-16(2)23(20)22/h5-11H,1,12-13,15H2,2-4H3/b19-18+. The molecule has 0 atom stereocenters. The molecule has 0 saturated heterocycles. The molecule has 0 aliphatic carbocycles. The van der Waals surface area contributed by atoms with Gasteiger partial charge in [-0.05, 0) is 55.4 Å². The van der Waals surface area contributed by atoms with E-state index in [2.05, 4.69) is 67.8 Å². The molecule has 2 aromatic rings. The van der Waals surface area contributed by atoms with Gasteiger partial charge >= 0.3 is 0 Å². The first-order chi connectivity index (χ1) is 12.1. The van der Waals surface area contributed by atoms with Crippen LogP contribution in [-0.2, 0) is 0 Å². The highest BCUT2D eigenvalue weighted by atomic mass is 15.1. The van der Waals surface area contributed by atoms with Gasteiger partial charge in [-0.15, -0.1) is 0 Å². The van der Waals surface area contributed by atoms with Crippen LogP contribution in [0.25, 0.3) is 10.8 Å². The number of aryl methyl sites for hydroxylation is 1. The molecule has 1 aliphatic heterocycles. The Bertz CT molecular complexity index is 933. The van der Waals surface area contributed by atoms with Gasteiger partial charge in [0.1, 0.15) is 0 Å². The van der Waals surface area contributed by atoms with Crippen LogP contribution in [0.2, 0.25) is 0 Å². The summed E-state index contributed by atoms with van der Waals surface area (Å²) in [7, 11) is 0. The quantitative estimate of drug-likeness (QED) is 0.534. The third kappa shape index (κ3) is 3.10. The summed E-state index contributed by atoms with van der Waals surface area (Å²) >= 11 is 0. The SMILES string of the molecule is C=C/C(C#N)=C(/C)C1=C(C)CN(c2cccc3cccc(C)c23)CC1. The van der Waals surface area contributed by atoms with E-state index in [-0.39, 0.29) is 0 Å². The maximum absolute atomic E-state index is 9.28. The zero-order valence-electron chi connectivity index (χ0n) is 15.3. The predicted molar refractivity (Wildman–Crippen MR) is 107 cm³/mol. The van der Waals surface area contributed by atoms with Crippen LogP contribution in [0.1, 0.15) is 25.8 Å². The minimum Gasteiger partial charge on any atom is -0.367 e. The highest BCUT2D eigenvalue weighted by molar-refractivity contribution is 5.97. The van der Waals surface area contributed by atoms with E-state index in [1.54, 1.807) is 6.08 Å². The van der Waals surface area contributed by atoms with Crippen LogP contribution in [0.4, 0.5) is 5.69 Å². The molecule has 0 radical (unpaired) electrons. The average Bonchev–Trinajstić information content (AvgIpc) is 2.62. The van der Waals surface area contributed by atoms with Crippen LogP contribution in [0, 0.1) is 18.3 Å². The smallest absolute Gasteiger partial charge is 0.0994 e. The maximum atomic E-state index is 9.28. The van der Waals surface area contributed by atoms with E-state index >= 15 is 0 Å². The van der Waals surface area contributed by atoms with Crippen LogP contribution in [0.3, 0.4) is 0 Å². The molecule has 0 aromatic heterocycles.